The summed E-state index contributed by atoms with van der Waals surface area (Å²) < 4.78 is 19.3. The molecule has 1 heterocycles. The lowest BCUT2D eigenvalue weighted by Crippen LogP contribution is -2.44. The van der Waals surface area contributed by atoms with Crippen LogP contribution in [0.15, 0.2) is 12.1 Å². The van der Waals surface area contributed by atoms with Gasteiger partial charge in [-0.1, -0.05) is 0 Å². The van der Waals surface area contributed by atoms with E-state index < -0.39 is 5.54 Å². The molecule has 1 aliphatic carbocycles. The zero-order valence-corrected chi connectivity index (χ0v) is 8.55. The van der Waals surface area contributed by atoms with Gasteiger partial charge in [0.25, 0.3) is 0 Å². The number of ether oxygens (including phenoxy) is 1. The fourth-order valence-corrected chi connectivity index (χ4v) is 2.59. The van der Waals surface area contributed by atoms with E-state index in [1.807, 2.05) is 0 Å². The van der Waals surface area contributed by atoms with Crippen LogP contribution in [-0.2, 0) is 12.0 Å². The second kappa shape index (κ2) is 2.95. The molecule has 0 amide bonds. The average Bonchev–Trinajstić information content (AvgIpc) is 2.62. The van der Waals surface area contributed by atoms with Crippen molar-refractivity contribution in [3.8, 4) is 5.75 Å². The van der Waals surface area contributed by atoms with Gasteiger partial charge < -0.3 is 10.5 Å². The molecule has 3 rings (SSSR count). The van der Waals surface area contributed by atoms with Crippen LogP contribution in [-0.4, -0.2) is 6.61 Å². The summed E-state index contributed by atoms with van der Waals surface area (Å²) >= 11 is 0. The molecule has 0 bridgehead atoms. The second-order valence-corrected chi connectivity index (χ2v) is 4.51. The van der Waals surface area contributed by atoms with Crippen molar-refractivity contribution in [1.29, 1.82) is 0 Å². The summed E-state index contributed by atoms with van der Waals surface area (Å²) in [5.74, 6) is 0.657. The van der Waals surface area contributed by atoms with Crippen LogP contribution in [0, 0.1) is 5.82 Å². The number of nitrogens with two attached hydrogens (primary N) is 1. The molecule has 0 atom stereocenters. The van der Waals surface area contributed by atoms with E-state index in [9.17, 15) is 4.39 Å². The third-order valence-corrected chi connectivity index (χ3v) is 3.57. The van der Waals surface area contributed by atoms with Crippen molar-refractivity contribution in [2.24, 2.45) is 5.73 Å². The van der Waals surface area contributed by atoms with Crippen LogP contribution in [0.25, 0.3) is 0 Å². The van der Waals surface area contributed by atoms with Crippen molar-refractivity contribution in [3.05, 3.63) is 29.1 Å². The molecule has 0 spiro atoms. The Labute approximate surface area is 88.2 Å². The van der Waals surface area contributed by atoms with E-state index >= 15 is 0 Å². The molecule has 1 saturated carbocycles. The molecular formula is C12H14FNO. The lowest BCUT2D eigenvalue weighted by molar-refractivity contribution is 0.243. The Morgan fingerprint density at radius 3 is 2.80 bits per heavy atom. The smallest absolute Gasteiger partial charge is 0.128 e. The minimum absolute atomic E-state index is 0.165. The first kappa shape index (κ1) is 9.16. The van der Waals surface area contributed by atoms with E-state index in [2.05, 4.69) is 0 Å². The fraction of sp³-hybridized carbons (Fsp3) is 0.500. The summed E-state index contributed by atoms with van der Waals surface area (Å²) in [5, 5.41) is 0. The number of rotatable bonds is 1. The average molecular weight is 207 g/mol. The van der Waals surface area contributed by atoms with Crippen LogP contribution >= 0.6 is 0 Å². The van der Waals surface area contributed by atoms with Crippen LogP contribution in [0.2, 0.25) is 0 Å². The van der Waals surface area contributed by atoms with Gasteiger partial charge in [-0.15, -0.1) is 0 Å². The Bertz CT molecular complexity index is 412. The first-order chi connectivity index (χ1) is 7.21. The largest absolute Gasteiger partial charge is 0.493 e. The Balaban J connectivity index is 2.17. The summed E-state index contributed by atoms with van der Waals surface area (Å²) in [6.07, 6.45) is 3.67. The molecule has 80 valence electrons. The highest BCUT2D eigenvalue weighted by molar-refractivity contribution is 5.47. The third-order valence-electron chi connectivity index (χ3n) is 3.57. The molecule has 1 aromatic carbocycles. The first-order valence-corrected chi connectivity index (χ1v) is 5.44. The number of hydrogen-bond donors (Lipinski definition) is 1. The second-order valence-electron chi connectivity index (χ2n) is 4.51. The minimum atomic E-state index is -0.427. The normalized spacial score (nSPS) is 21.7. The van der Waals surface area contributed by atoms with E-state index in [1.165, 1.54) is 6.07 Å². The highest BCUT2D eigenvalue weighted by Gasteiger charge is 2.40. The summed E-state index contributed by atoms with van der Waals surface area (Å²) in [6, 6.07) is 3.19. The molecule has 0 unspecified atom stereocenters. The van der Waals surface area contributed by atoms with E-state index in [-0.39, 0.29) is 5.82 Å². The minimum Gasteiger partial charge on any atom is -0.493 e. The van der Waals surface area contributed by atoms with Gasteiger partial charge in [0, 0.05) is 23.1 Å². The van der Waals surface area contributed by atoms with Gasteiger partial charge in [0.1, 0.15) is 11.6 Å². The lowest BCUT2D eigenvalue weighted by atomic mass is 9.71. The number of benzene rings is 1. The Kier molecular flexibility index (Phi) is 1.80. The van der Waals surface area contributed by atoms with Gasteiger partial charge in [0.15, 0.2) is 0 Å². The monoisotopic (exact) mass is 207 g/mol. The van der Waals surface area contributed by atoms with Crippen LogP contribution in [0.1, 0.15) is 30.4 Å². The molecule has 1 fully saturated rings. The van der Waals surface area contributed by atoms with E-state index in [0.29, 0.717) is 12.2 Å². The predicted molar refractivity (Wildman–Crippen MR) is 55.3 cm³/mol. The van der Waals surface area contributed by atoms with Gasteiger partial charge in [0.05, 0.1) is 6.61 Å². The maximum absolute atomic E-state index is 13.8. The van der Waals surface area contributed by atoms with E-state index in [1.54, 1.807) is 6.07 Å². The molecule has 1 aliphatic heterocycles. The number of fused-ring (bicyclic) bond motifs is 1. The summed E-state index contributed by atoms with van der Waals surface area (Å²) in [5.41, 5.74) is 7.48. The fourth-order valence-electron chi connectivity index (χ4n) is 2.59. The lowest BCUT2D eigenvalue weighted by Gasteiger charge is -2.39. The third kappa shape index (κ3) is 1.19. The summed E-state index contributed by atoms with van der Waals surface area (Å²) in [4.78, 5) is 0. The zero-order valence-electron chi connectivity index (χ0n) is 8.55. The summed E-state index contributed by atoms with van der Waals surface area (Å²) in [6.45, 7) is 0.655. The molecule has 0 radical (unpaired) electrons. The van der Waals surface area contributed by atoms with Crippen molar-refractivity contribution in [2.45, 2.75) is 31.2 Å². The van der Waals surface area contributed by atoms with Crippen LogP contribution in [0.5, 0.6) is 5.75 Å². The van der Waals surface area contributed by atoms with Crippen LogP contribution < -0.4 is 10.5 Å². The van der Waals surface area contributed by atoms with Crippen molar-refractivity contribution in [3.63, 3.8) is 0 Å². The zero-order chi connectivity index (χ0) is 10.5. The first-order valence-electron chi connectivity index (χ1n) is 5.44. The van der Waals surface area contributed by atoms with Crippen molar-refractivity contribution in [1.82, 2.24) is 0 Å². The van der Waals surface area contributed by atoms with Gasteiger partial charge in [-0.3, -0.25) is 0 Å². The predicted octanol–water partition coefficient (Wildman–Crippen LogP) is 2.10. The summed E-state index contributed by atoms with van der Waals surface area (Å²) in [7, 11) is 0. The SMILES string of the molecule is NC1(c2c(F)ccc3c2CCO3)CCC1. The Hall–Kier alpha value is -1.09. The van der Waals surface area contributed by atoms with Gasteiger partial charge in [0.2, 0.25) is 0 Å². The van der Waals surface area contributed by atoms with E-state index in [4.69, 9.17) is 10.5 Å². The van der Waals surface area contributed by atoms with E-state index in [0.717, 1.165) is 37.0 Å². The molecule has 2 nitrogen and oxygen atoms in total. The molecule has 2 N–H and O–H groups in total. The van der Waals surface area contributed by atoms with Crippen LogP contribution in [0.4, 0.5) is 4.39 Å². The van der Waals surface area contributed by atoms with Crippen molar-refractivity contribution >= 4 is 0 Å². The molecular weight excluding hydrogens is 193 g/mol. The molecule has 15 heavy (non-hydrogen) atoms. The van der Waals surface area contributed by atoms with Gasteiger partial charge in [-0.05, 0) is 31.4 Å². The maximum Gasteiger partial charge on any atom is 0.128 e. The van der Waals surface area contributed by atoms with Crippen molar-refractivity contribution < 1.29 is 9.13 Å². The Morgan fingerprint density at radius 2 is 2.13 bits per heavy atom. The van der Waals surface area contributed by atoms with Gasteiger partial charge >= 0.3 is 0 Å². The van der Waals surface area contributed by atoms with Crippen molar-refractivity contribution in [2.75, 3.05) is 6.61 Å². The molecule has 2 aliphatic rings. The van der Waals surface area contributed by atoms with Gasteiger partial charge in [-0.2, -0.15) is 0 Å². The molecule has 1 aromatic rings. The number of halogens is 1. The topological polar surface area (TPSA) is 35.2 Å². The highest BCUT2D eigenvalue weighted by Crippen LogP contribution is 2.44. The Morgan fingerprint density at radius 1 is 1.33 bits per heavy atom. The molecule has 3 heteroatoms. The quantitative estimate of drug-likeness (QED) is 0.765. The maximum atomic E-state index is 13.8. The van der Waals surface area contributed by atoms with Gasteiger partial charge in [-0.25, -0.2) is 4.39 Å². The standard InChI is InChI=1S/C12H14FNO/c13-9-2-3-10-8(4-7-15-10)11(9)12(14)5-1-6-12/h2-3H,1,4-7,14H2. The highest BCUT2D eigenvalue weighted by atomic mass is 19.1. The van der Waals surface area contributed by atoms with Crippen LogP contribution in [0.3, 0.4) is 0 Å². The molecule has 0 saturated heterocycles. The number of hydrogen-bond acceptors (Lipinski definition) is 2. The molecule has 0 aromatic heterocycles.